The number of carbonyl (C=O) groups is 1. The molecule has 0 amide bonds. The Morgan fingerprint density at radius 2 is 1.44 bits per heavy atom. The molecule has 0 aliphatic carbocycles. The topological polar surface area (TPSA) is 77.2 Å². The van der Waals surface area contributed by atoms with Crippen LogP contribution in [-0.2, 0) is 31.4 Å². The number of fused-ring (bicyclic) bond motifs is 6. The number of hydrogen-bond acceptors (Lipinski definition) is 6. The van der Waals surface area contributed by atoms with Gasteiger partial charge < -0.3 is 14.4 Å². The Hall–Kier alpha value is -6.84. The molecule has 0 aliphatic rings. The third-order valence-electron chi connectivity index (χ3n) is 12.1. The fraction of sp³-hybridized carbons (Fsp3) is 0.102. The van der Waals surface area contributed by atoms with Crippen molar-refractivity contribution in [2.24, 2.45) is 0 Å². The maximum absolute atomic E-state index is 11.5. The van der Waals surface area contributed by atoms with E-state index >= 15 is 0 Å². The second-order valence-corrected chi connectivity index (χ2v) is 23.7. The third kappa shape index (κ3) is 9.24. The van der Waals surface area contributed by atoms with Crippen molar-refractivity contribution in [3.05, 3.63) is 217 Å². The largest absolute Gasteiger partial charge is 0.333 e. The van der Waals surface area contributed by atoms with E-state index in [9.17, 15) is 4.79 Å². The first-order valence-corrected chi connectivity index (χ1v) is 26.5. The van der Waals surface area contributed by atoms with Crippen LogP contribution in [0.1, 0.15) is 37.1 Å². The van der Waals surface area contributed by atoms with Gasteiger partial charge in [0, 0.05) is 50.4 Å². The van der Waals surface area contributed by atoms with Gasteiger partial charge in [0.25, 0.3) is 0 Å². The molecule has 68 heavy (non-hydrogen) atoms. The molecule has 9 heteroatoms. The van der Waals surface area contributed by atoms with Crippen LogP contribution in [0.15, 0.2) is 188 Å². The molecule has 0 fully saturated rings. The average Bonchev–Trinajstić information content (AvgIpc) is 3.97. The van der Waals surface area contributed by atoms with Crippen molar-refractivity contribution >= 4 is 72.5 Å². The summed E-state index contributed by atoms with van der Waals surface area (Å²) < 4.78 is 23.0. The number of hydrogen-bond donors (Lipinski definition) is 1. The molecule has 1 radical (unpaired) electrons. The van der Waals surface area contributed by atoms with Crippen molar-refractivity contribution in [2.75, 3.05) is 0 Å². The molecular formula is C59H47IrN3O3SSi-2. The van der Waals surface area contributed by atoms with E-state index in [1.165, 1.54) is 48.8 Å². The van der Waals surface area contributed by atoms with Gasteiger partial charge in [-0.15, -0.1) is 53.6 Å². The van der Waals surface area contributed by atoms with Crippen molar-refractivity contribution in [3.63, 3.8) is 0 Å². The molecule has 6 nitrogen and oxygen atoms in total. The number of thiophene rings is 1. The summed E-state index contributed by atoms with van der Waals surface area (Å²) in [5.74, 6) is -0.319. The van der Waals surface area contributed by atoms with Crippen molar-refractivity contribution < 1.29 is 37.8 Å². The average molecular weight is 1100 g/mol. The van der Waals surface area contributed by atoms with Gasteiger partial charge in [0.05, 0.1) is 24.9 Å². The van der Waals surface area contributed by atoms with Crippen LogP contribution in [0.5, 0.6) is 0 Å². The minimum Gasteiger partial charge on any atom is -0.333 e. The molecule has 1 unspecified atom stereocenters. The second kappa shape index (κ2) is 19.8. The van der Waals surface area contributed by atoms with Gasteiger partial charge in [-0.3, -0.25) is 9.78 Å². The number of imidazole rings is 1. The van der Waals surface area contributed by atoms with Crippen molar-refractivity contribution in [3.8, 4) is 39.5 Å². The molecule has 11 rings (SSSR count). The van der Waals surface area contributed by atoms with Crippen LogP contribution < -0.4 is 5.19 Å². The van der Waals surface area contributed by atoms with Crippen LogP contribution in [0.25, 0.3) is 81.4 Å². The summed E-state index contributed by atoms with van der Waals surface area (Å²) in [6.45, 7) is 8.44. The maximum Gasteiger partial charge on any atom is 0.333 e. The van der Waals surface area contributed by atoms with Gasteiger partial charge in [-0.1, -0.05) is 171 Å². The van der Waals surface area contributed by atoms with Gasteiger partial charge in [-0.25, -0.2) is 5.26 Å². The van der Waals surface area contributed by atoms with E-state index in [-0.39, 0.29) is 31.6 Å². The van der Waals surface area contributed by atoms with Crippen LogP contribution >= 0.6 is 11.3 Å². The first-order chi connectivity index (χ1) is 33.4. The zero-order valence-electron chi connectivity index (χ0n) is 39.8. The van der Waals surface area contributed by atoms with E-state index in [1.807, 2.05) is 54.7 Å². The number of carbonyl (C=O) groups excluding carboxylic acids is 1. The minimum atomic E-state index is -1.89. The Bertz CT molecular complexity index is 3670. The molecule has 0 saturated carbocycles. The summed E-state index contributed by atoms with van der Waals surface area (Å²) in [6.07, 6.45) is 0.172. The smallest absolute Gasteiger partial charge is 0.333 e. The molecule has 11 aromatic rings. The molecule has 0 spiro atoms. The Labute approximate surface area is 417 Å². The Balaban J connectivity index is 0.000000176. The van der Waals surface area contributed by atoms with E-state index in [0.717, 1.165) is 44.2 Å². The summed E-state index contributed by atoms with van der Waals surface area (Å²) >= 11 is 1.81. The van der Waals surface area contributed by atoms with Gasteiger partial charge in [0.1, 0.15) is 0 Å². The second-order valence-electron chi connectivity index (χ2n) is 17.5. The predicted molar refractivity (Wildman–Crippen MR) is 279 cm³/mol. The molecule has 1 N–H and O–H groups in total. The van der Waals surface area contributed by atoms with E-state index in [4.69, 9.17) is 13.0 Å². The number of para-hydroxylation sites is 1. The van der Waals surface area contributed by atoms with Crippen molar-refractivity contribution in [1.29, 1.82) is 0 Å². The van der Waals surface area contributed by atoms with Crippen molar-refractivity contribution in [1.82, 2.24) is 14.5 Å². The van der Waals surface area contributed by atoms with Crippen molar-refractivity contribution in [2.45, 2.75) is 38.9 Å². The van der Waals surface area contributed by atoms with Gasteiger partial charge in [-0.2, -0.15) is 11.3 Å². The summed E-state index contributed by atoms with van der Waals surface area (Å²) in [6, 6.07) is 67.7. The predicted octanol–water partition coefficient (Wildman–Crippen LogP) is 14.7. The van der Waals surface area contributed by atoms with E-state index in [2.05, 4.69) is 174 Å². The van der Waals surface area contributed by atoms with Crippen LogP contribution in [0.2, 0.25) is 19.6 Å². The standard InChI is InChI=1S/C35H21N2S.C24H26NO3Si.Ir/c1-2-10-23(11-3-1)26-13-6-8-16-30(26)37-31-20-18-24-12-4-5-14-27(24)34(31)36-35(37)25-19-21-33-29(22-25)28-15-7-9-17-32(28)38-33;1-17(18-8-6-5-7-9-18)14-21-15-22(25-16-23(21)29(2,3)4)19-10-12-20(13-11-19)24(26)28-27;/h1-18,20-22H;5-10,12-13,15-17,27H,14H2,1-4H3;/q2*-1;/i;14D2;. The van der Waals surface area contributed by atoms with Gasteiger partial charge in [0.2, 0.25) is 0 Å². The molecule has 0 bridgehead atoms. The first kappa shape index (κ1) is 43.7. The Morgan fingerprint density at radius 1 is 0.750 bits per heavy atom. The van der Waals surface area contributed by atoms with E-state index in [0.29, 0.717) is 16.8 Å². The molecule has 0 saturated heterocycles. The fourth-order valence-corrected chi connectivity index (χ4v) is 11.2. The first-order valence-electron chi connectivity index (χ1n) is 23.2. The monoisotopic (exact) mass is 1100 g/mol. The Kier molecular flexibility index (Phi) is 12.7. The molecule has 8 aromatic carbocycles. The number of pyridine rings is 1. The zero-order chi connectivity index (χ0) is 47.9. The quantitative estimate of drug-likeness (QED) is 0.0674. The molecule has 0 aliphatic heterocycles. The number of benzene rings is 8. The van der Waals surface area contributed by atoms with E-state index < -0.39 is 20.4 Å². The van der Waals surface area contributed by atoms with E-state index in [1.54, 1.807) is 12.3 Å². The molecular weight excluding hydrogens is 1050 g/mol. The molecule has 1 atom stereocenters. The SMILES string of the molecule is [2H]C([2H])(c1cc(-c2[c-]cc(C(=O)OO)cc2)ncc1[Si](C)(C)C)C(C)c1ccccc1.[Ir].[c-]1cc2sc3ccccc3c2cc1-c1nc2c3ccccc3ccc2n1-c1ccccc1-c1ccccc1. The molecule has 3 aromatic heterocycles. The summed E-state index contributed by atoms with van der Waals surface area (Å²) in [5, 5.41) is 14.4. The molecule has 3 heterocycles. The van der Waals surface area contributed by atoms with Crippen LogP contribution in [-0.4, -0.2) is 33.8 Å². The zero-order valence-corrected chi connectivity index (χ0v) is 42.0. The summed E-state index contributed by atoms with van der Waals surface area (Å²) in [7, 11) is -1.89. The number of aromatic nitrogens is 3. The normalized spacial score (nSPS) is 12.5. The molecule has 337 valence electrons. The van der Waals surface area contributed by atoms with Crippen LogP contribution in [0.4, 0.5) is 0 Å². The number of rotatable bonds is 9. The third-order valence-corrected chi connectivity index (χ3v) is 15.3. The van der Waals surface area contributed by atoms with Crippen LogP contribution in [0, 0.1) is 12.1 Å². The van der Waals surface area contributed by atoms with Gasteiger partial charge in [-0.05, 0) is 73.5 Å². The van der Waals surface area contributed by atoms with Gasteiger partial charge >= 0.3 is 5.97 Å². The summed E-state index contributed by atoms with van der Waals surface area (Å²) in [4.78, 5) is 25.1. The fourth-order valence-electron chi connectivity index (χ4n) is 8.71. The van der Waals surface area contributed by atoms with Crippen LogP contribution in [0.3, 0.4) is 0 Å². The summed E-state index contributed by atoms with van der Waals surface area (Å²) in [5.41, 5.74) is 9.48. The number of nitrogens with zero attached hydrogens (tertiary/aromatic N) is 3. The maximum atomic E-state index is 11.5. The van der Waals surface area contributed by atoms with Gasteiger partial charge in [0.15, 0.2) is 0 Å². The minimum absolute atomic E-state index is 0. The Morgan fingerprint density at radius 3 is 2.19 bits per heavy atom.